The summed E-state index contributed by atoms with van der Waals surface area (Å²) in [4.78, 5) is 0. The first-order valence-corrected chi connectivity index (χ1v) is 16.8. The molecule has 0 atom stereocenters. The van der Waals surface area contributed by atoms with Crippen LogP contribution < -0.4 is 4.74 Å². The molecule has 8 aromatic carbocycles. The van der Waals surface area contributed by atoms with Gasteiger partial charge in [-0.25, -0.2) is 0 Å². The molecule has 0 fully saturated rings. The Kier molecular flexibility index (Phi) is 6.91. The number of rotatable bonds is 6. The van der Waals surface area contributed by atoms with Crippen molar-refractivity contribution in [2.24, 2.45) is 0 Å². The van der Waals surface area contributed by atoms with Crippen LogP contribution in [0.2, 0.25) is 0 Å². The fourth-order valence-electron chi connectivity index (χ4n) is 7.91. The van der Waals surface area contributed by atoms with Crippen LogP contribution in [0.4, 0.5) is 0 Å². The van der Waals surface area contributed by atoms with E-state index in [0.29, 0.717) is 0 Å². The number of hydrogen-bond acceptors (Lipinski definition) is 1. The van der Waals surface area contributed by atoms with Crippen LogP contribution in [0.1, 0.15) is 22.3 Å². The number of ether oxygens (including phenoxy) is 1. The van der Waals surface area contributed by atoms with E-state index in [1.807, 2.05) is 0 Å². The summed E-state index contributed by atoms with van der Waals surface area (Å²) < 4.78 is 6.88. The van der Waals surface area contributed by atoms with E-state index in [9.17, 15) is 0 Å². The predicted molar refractivity (Wildman–Crippen MR) is 200 cm³/mol. The molecule has 0 aromatic heterocycles. The smallest absolute Gasteiger partial charge is 0.132 e. The van der Waals surface area contributed by atoms with Crippen molar-refractivity contribution in [3.8, 4) is 33.8 Å². The summed E-state index contributed by atoms with van der Waals surface area (Å²) in [7, 11) is 0. The molecule has 1 heteroatoms. The van der Waals surface area contributed by atoms with Crippen LogP contribution in [0, 0.1) is 0 Å². The molecule has 0 saturated heterocycles. The van der Waals surface area contributed by atoms with E-state index in [0.717, 1.165) is 24.3 Å². The minimum atomic E-state index is -0.410. The molecule has 0 unspecified atom stereocenters. The Balaban J connectivity index is 1.29. The number of fused-ring (bicyclic) bond motifs is 6. The van der Waals surface area contributed by atoms with Gasteiger partial charge in [-0.3, -0.25) is 0 Å². The van der Waals surface area contributed by atoms with Crippen molar-refractivity contribution < 1.29 is 4.74 Å². The fraction of sp³-hybridized carbons (Fsp3) is 0.0638. The van der Waals surface area contributed by atoms with Crippen LogP contribution in [0.3, 0.4) is 0 Å². The van der Waals surface area contributed by atoms with E-state index in [1.165, 1.54) is 66.1 Å². The van der Waals surface area contributed by atoms with E-state index in [1.54, 1.807) is 0 Å². The first kappa shape index (κ1) is 28.3. The highest BCUT2D eigenvalue weighted by Crippen LogP contribution is 2.56. The molecule has 0 bridgehead atoms. The third-order valence-electron chi connectivity index (χ3n) is 10.1. The van der Waals surface area contributed by atoms with Gasteiger partial charge in [-0.1, -0.05) is 170 Å². The normalized spacial score (nSPS) is 13.1. The highest BCUT2D eigenvalue weighted by atomic mass is 16.5. The highest BCUT2D eigenvalue weighted by Gasteiger charge is 2.44. The second-order valence-corrected chi connectivity index (χ2v) is 13.0. The molecule has 8 aromatic rings. The van der Waals surface area contributed by atoms with Crippen LogP contribution in [0.25, 0.3) is 43.8 Å². The zero-order valence-electron chi connectivity index (χ0n) is 26.6. The van der Waals surface area contributed by atoms with Gasteiger partial charge in [-0.05, 0) is 79.9 Å². The molecule has 1 heterocycles. The molecule has 1 aliphatic rings. The van der Waals surface area contributed by atoms with Gasteiger partial charge < -0.3 is 4.74 Å². The van der Waals surface area contributed by atoms with E-state index in [2.05, 4.69) is 182 Å². The second kappa shape index (κ2) is 11.7. The fourth-order valence-corrected chi connectivity index (χ4v) is 7.91. The largest absolute Gasteiger partial charge is 0.457 e. The molecule has 0 aliphatic carbocycles. The summed E-state index contributed by atoms with van der Waals surface area (Å²) in [5.74, 6) is 1.89. The summed E-state index contributed by atoms with van der Waals surface area (Å²) in [5, 5.41) is 4.95. The van der Waals surface area contributed by atoms with E-state index >= 15 is 0 Å². The minimum Gasteiger partial charge on any atom is -0.457 e. The lowest BCUT2D eigenvalue weighted by Gasteiger charge is -2.42. The van der Waals surface area contributed by atoms with Crippen LogP contribution in [0.5, 0.6) is 11.5 Å². The Morgan fingerprint density at radius 2 is 0.708 bits per heavy atom. The third kappa shape index (κ3) is 4.87. The van der Waals surface area contributed by atoms with Crippen LogP contribution in [-0.4, -0.2) is 0 Å². The van der Waals surface area contributed by atoms with Gasteiger partial charge in [0.1, 0.15) is 11.5 Å². The topological polar surface area (TPSA) is 9.23 Å². The monoisotopic (exact) mass is 614 g/mol. The quantitative estimate of drug-likeness (QED) is 0.181. The van der Waals surface area contributed by atoms with Crippen molar-refractivity contribution in [1.29, 1.82) is 0 Å². The van der Waals surface area contributed by atoms with E-state index in [-0.39, 0.29) is 0 Å². The van der Waals surface area contributed by atoms with Gasteiger partial charge in [0.2, 0.25) is 0 Å². The Bertz CT molecular complexity index is 2220. The van der Waals surface area contributed by atoms with Crippen molar-refractivity contribution in [1.82, 2.24) is 0 Å². The van der Waals surface area contributed by atoms with Gasteiger partial charge in [0.15, 0.2) is 0 Å². The molecular formula is C47H34O. The van der Waals surface area contributed by atoms with Crippen molar-refractivity contribution in [3.63, 3.8) is 0 Å². The van der Waals surface area contributed by atoms with E-state index < -0.39 is 5.41 Å². The summed E-state index contributed by atoms with van der Waals surface area (Å²) >= 11 is 0. The van der Waals surface area contributed by atoms with Gasteiger partial charge in [0.25, 0.3) is 0 Å². The first-order valence-electron chi connectivity index (χ1n) is 16.8. The standard InChI is InChI=1S/C47H34O/c1-3-11-35(12-4-1)37-23-19-33(20-24-37)31-47(32-34-21-25-38(26-22-34)36-13-5-2-6-14-36)45-41-17-9-7-15-39(41)27-29-43(45)48-44-30-28-40-16-8-10-18-42(40)46(44)47/h1-30H,31-32H2. The van der Waals surface area contributed by atoms with Crippen LogP contribution in [-0.2, 0) is 18.3 Å². The zero-order chi connectivity index (χ0) is 31.9. The molecule has 0 amide bonds. The van der Waals surface area contributed by atoms with Crippen molar-refractivity contribution in [2.75, 3.05) is 0 Å². The molecule has 228 valence electrons. The molecular weight excluding hydrogens is 581 g/mol. The van der Waals surface area contributed by atoms with E-state index in [4.69, 9.17) is 4.74 Å². The van der Waals surface area contributed by atoms with Gasteiger partial charge in [-0.15, -0.1) is 0 Å². The summed E-state index contributed by atoms with van der Waals surface area (Å²) in [6, 6.07) is 66.1. The van der Waals surface area contributed by atoms with Gasteiger partial charge in [0, 0.05) is 16.5 Å². The lowest BCUT2D eigenvalue weighted by atomic mass is 9.63. The Morgan fingerprint density at radius 1 is 0.333 bits per heavy atom. The SMILES string of the molecule is c1ccc(-c2ccc(CC3(Cc4ccc(-c5ccccc5)cc4)c4c(ccc5ccccc45)Oc4ccc5ccccc5c43)cc2)cc1. The lowest BCUT2D eigenvalue weighted by molar-refractivity contribution is 0.391. The molecule has 0 spiro atoms. The number of hydrogen-bond donors (Lipinski definition) is 0. The van der Waals surface area contributed by atoms with Crippen LogP contribution in [0.15, 0.2) is 182 Å². The maximum absolute atomic E-state index is 6.88. The number of benzene rings is 8. The minimum absolute atomic E-state index is 0.410. The first-order chi connectivity index (χ1) is 23.7. The van der Waals surface area contributed by atoms with Crippen molar-refractivity contribution in [3.05, 3.63) is 204 Å². The molecule has 48 heavy (non-hydrogen) atoms. The molecule has 0 saturated carbocycles. The Hall–Kier alpha value is -5.92. The average Bonchev–Trinajstić information content (AvgIpc) is 3.16. The van der Waals surface area contributed by atoms with Gasteiger partial charge >= 0.3 is 0 Å². The summed E-state index contributed by atoms with van der Waals surface area (Å²) in [6.07, 6.45) is 1.65. The molecule has 9 rings (SSSR count). The molecule has 1 aliphatic heterocycles. The van der Waals surface area contributed by atoms with Crippen LogP contribution >= 0.6 is 0 Å². The average molecular weight is 615 g/mol. The Labute approximate surface area is 281 Å². The highest BCUT2D eigenvalue weighted by molar-refractivity contribution is 5.95. The van der Waals surface area contributed by atoms with Crippen molar-refractivity contribution in [2.45, 2.75) is 18.3 Å². The van der Waals surface area contributed by atoms with Gasteiger partial charge in [0.05, 0.1) is 0 Å². The maximum Gasteiger partial charge on any atom is 0.132 e. The Morgan fingerprint density at radius 3 is 1.15 bits per heavy atom. The maximum atomic E-state index is 6.88. The summed E-state index contributed by atoms with van der Waals surface area (Å²) in [5.41, 5.74) is 9.65. The molecule has 0 radical (unpaired) electrons. The van der Waals surface area contributed by atoms with Gasteiger partial charge in [-0.2, -0.15) is 0 Å². The predicted octanol–water partition coefficient (Wildman–Crippen LogP) is 12.2. The second-order valence-electron chi connectivity index (χ2n) is 13.0. The molecule has 0 N–H and O–H groups in total. The molecule has 1 nitrogen and oxygen atoms in total. The summed E-state index contributed by atoms with van der Waals surface area (Å²) in [6.45, 7) is 0. The zero-order valence-corrected chi connectivity index (χ0v) is 26.6. The lowest BCUT2D eigenvalue weighted by Crippen LogP contribution is -2.37. The van der Waals surface area contributed by atoms with Crippen molar-refractivity contribution >= 4 is 21.5 Å². The third-order valence-corrected chi connectivity index (χ3v) is 10.1.